The number of ether oxygens (including phenoxy) is 1. The molecular weight excluding hydrogens is 537 g/mol. The van der Waals surface area contributed by atoms with E-state index in [0.29, 0.717) is 42.1 Å². The van der Waals surface area contributed by atoms with E-state index in [1.54, 1.807) is 11.0 Å². The van der Waals surface area contributed by atoms with Crippen LogP contribution in [0.25, 0.3) is 0 Å². The topological polar surface area (TPSA) is 124 Å². The predicted octanol–water partition coefficient (Wildman–Crippen LogP) is 4.57. The highest BCUT2D eigenvalue weighted by Crippen LogP contribution is 2.23. The molecule has 0 unspecified atom stereocenters. The number of hydrogen-bond acceptors (Lipinski definition) is 6. The van der Waals surface area contributed by atoms with Crippen LogP contribution in [0, 0.1) is 29.5 Å². The van der Waals surface area contributed by atoms with E-state index in [1.807, 2.05) is 0 Å². The van der Waals surface area contributed by atoms with Crippen molar-refractivity contribution in [3.05, 3.63) is 87.8 Å². The van der Waals surface area contributed by atoms with Crippen molar-refractivity contribution in [1.29, 1.82) is 5.41 Å². The summed E-state index contributed by atoms with van der Waals surface area (Å²) in [4.78, 5) is 43.5. The van der Waals surface area contributed by atoms with Gasteiger partial charge in [-0.3, -0.25) is 19.8 Å². The van der Waals surface area contributed by atoms with Crippen LogP contribution in [0.3, 0.4) is 0 Å². The molecule has 40 heavy (non-hydrogen) atoms. The molecule has 1 fully saturated rings. The molecule has 2 aromatic carbocycles. The molecule has 9 nitrogen and oxygen atoms in total. The first-order chi connectivity index (χ1) is 19.2. The van der Waals surface area contributed by atoms with E-state index in [9.17, 15) is 14.4 Å². The Bertz CT molecular complexity index is 1510. The highest BCUT2D eigenvalue weighted by Gasteiger charge is 2.27. The lowest BCUT2D eigenvalue weighted by molar-refractivity contribution is -0.146. The number of halogens is 2. The second-order valence-corrected chi connectivity index (χ2v) is 9.44. The summed E-state index contributed by atoms with van der Waals surface area (Å²) < 4.78 is 19.9. The van der Waals surface area contributed by atoms with Gasteiger partial charge in [0.1, 0.15) is 17.5 Å². The van der Waals surface area contributed by atoms with Crippen molar-refractivity contribution < 1.29 is 23.5 Å². The minimum absolute atomic E-state index is 0.0507. The monoisotopic (exact) mass is 561 g/mol. The number of terminal acetylenes is 1. The maximum atomic E-state index is 15.1. The second kappa shape index (κ2) is 12.4. The second-order valence-electron chi connectivity index (χ2n) is 9.00. The molecule has 3 N–H and O–H groups in total. The number of rotatable bonds is 6. The van der Waals surface area contributed by atoms with Crippen LogP contribution in [-0.2, 0) is 9.53 Å². The molecule has 204 valence electrons. The van der Waals surface area contributed by atoms with E-state index in [-0.39, 0.29) is 40.4 Å². The van der Waals surface area contributed by atoms with Gasteiger partial charge in [0.05, 0.1) is 34.9 Å². The zero-order valence-corrected chi connectivity index (χ0v) is 22.2. The van der Waals surface area contributed by atoms with Crippen LogP contribution in [0.15, 0.2) is 54.7 Å². The van der Waals surface area contributed by atoms with Crippen molar-refractivity contribution in [3.63, 3.8) is 0 Å². The number of likely N-dealkylation sites (tertiary alicyclic amines) is 1. The molecule has 1 aliphatic heterocycles. The minimum atomic E-state index is -0.833. The quantitative estimate of drug-likeness (QED) is 0.175. The third kappa shape index (κ3) is 6.45. The minimum Gasteiger partial charge on any atom is -0.469 e. The van der Waals surface area contributed by atoms with Gasteiger partial charge in [0.15, 0.2) is 0 Å². The molecule has 0 radical (unpaired) electrons. The highest BCUT2D eigenvalue weighted by atomic mass is 35.5. The van der Waals surface area contributed by atoms with Crippen molar-refractivity contribution in [2.75, 3.05) is 30.8 Å². The van der Waals surface area contributed by atoms with Gasteiger partial charge in [-0.25, -0.2) is 9.37 Å². The highest BCUT2D eigenvalue weighted by molar-refractivity contribution is 6.30. The molecule has 3 aromatic rings. The number of amidine groups is 1. The van der Waals surface area contributed by atoms with Gasteiger partial charge in [0.25, 0.3) is 11.8 Å². The number of methoxy groups -OCH3 is 1. The summed E-state index contributed by atoms with van der Waals surface area (Å²) in [5.41, 5.74) is 0.582. The zero-order valence-electron chi connectivity index (χ0n) is 21.5. The van der Waals surface area contributed by atoms with E-state index >= 15 is 4.39 Å². The fourth-order valence-electron chi connectivity index (χ4n) is 4.29. The van der Waals surface area contributed by atoms with Gasteiger partial charge >= 0.3 is 5.97 Å². The van der Waals surface area contributed by atoms with Crippen LogP contribution in [0.2, 0.25) is 5.02 Å². The molecule has 11 heteroatoms. The van der Waals surface area contributed by atoms with Crippen molar-refractivity contribution in [1.82, 2.24) is 9.88 Å². The number of amides is 2. The average molecular weight is 562 g/mol. The van der Waals surface area contributed by atoms with Crippen molar-refractivity contribution in [2.45, 2.75) is 12.8 Å². The zero-order chi connectivity index (χ0) is 28.8. The van der Waals surface area contributed by atoms with Gasteiger partial charge in [-0.15, -0.1) is 6.42 Å². The number of esters is 1. The Morgan fingerprint density at radius 3 is 2.42 bits per heavy atom. The first-order valence-corrected chi connectivity index (χ1v) is 12.6. The van der Waals surface area contributed by atoms with Gasteiger partial charge in [0.2, 0.25) is 0 Å². The number of anilines is 2. The Hall–Kier alpha value is -4.75. The molecule has 4 rings (SSSR count). The van der Waals surface area contributed by atoms with E-state index < -0.39 is 17.6 Å². The Balaban J connectivity index is 1.49. The number of nitrogens with zero attached hydrogens (tertiary/aromatic N) is 2. The molecule has 0 atom stereocenters. The van der Waals surface area contributed by atoms with E-state index in [4.69, 9.17) is 28.2 Å². The van der Waals surface area contributed by atoms with Crippen LogP contribution in [0.4, 0.5) is 15.9 Å². The Morgan fingerprint density at radius 1 is 1.07 bits per heavy atom. The normalized spacial score (nSPS) is 13.2. The lowest BCUT2D eigenvalue weighted by Gasteiger charge is -2.32. The van der Waals surface area contributed by atoms with E-state index in [1.165, 1.54) is 49.7 Å². The predicted molar refractivity (Wildman–Crippen MR) is 149 cm³/mol. The van der Waals surface area contributed by atoms with Gasteiger partial charge in [-0.1, -0.05) is 23.6 Å². The molecule has 0 saturated carbocycles. The van der Waals surface area contributed by atoms with Crippen LogP contribution in [0.1, 0.15) is 44.7 Å². The summed E-state index contributed by atoms with van der Waals surface area (Å²) in [6, 6.07) is 11.4. The third-order valence-electron chi connectivity index (χ3n) is 6.48. The molecule has 1 aliphatic rings. The van der Waals surface area contributed by atoms with Gasteiger partial charge < -0.3 is 20.3 Å². The first kappa shape index (κ1) is 28.3. The lowest BCUT2D eigenvalue weighted by Crippen LogP contribution is -2.40. The SMILES string of the molecule is C#Cc1ccc(NC(=O)c2ccc(C(=N)N3CCC(C(=O)OC)CC3)cc2F)c(C(=O)Nc2ccc(Cl)cn2)c1. The number of benzene rings is 2. The smallest absolute Gasteiger partial charge is 0.308 e. The summed E-state index contributed by atoms with van der Waals surface area (Å²) in [5.74, 6) is 0.0478. The van der Waals surface area contributed by atoms with E-state index in [2.05, 4.69) is 21.5 Å². The van der Waals surface area contributed by atoms with Crippen LogP contribution < -0.4 is 10.6 Å². The molecule has 0 spiro atoms. The van der Waals surface area contributed by atoms with Crippen molar-refractivity contribution in [3.8, 4) is 12.3 Å². The van der Waals surface area contributed by atoms with Crippen molar-refractivity contribution in [2.24, 2.45) is 5.92 Å². The summed E-state index contributed by atoms with van der Waals surface area (Å²) in [7, 11) is 1.35. The first-order valence-electron chi connectivity index (χ1n) is 12.3. The lowest BCUT2D eigenvalue weighted by atomic mass is 9.96. The summed E-state index contributed by atoms with van der Waals surface area (Å²) in [5, 5.41) is 14.1. The fourth-order valence-corrected chi connectivity index (χ4v) is 4.40. The van der Waals surface area contributed by atoms with Gasteiger partial charge in [0, 0.05) is 30.4 Å². The Labute approximate surface area is 235 Å². The molecule has 2 amide bonds. The van der Waals surface area contributed by atoms with Crippen molar-refractivity contribution >= 4 is 46.7 Å². The number of carbonyl (C=O) groups excluding carboxylic acids is 3. The van der Waals surface area contributed by atoms with Crippen LogP contribution in [-0.4, -0.2) is 53.7 Å². The van der Waals surface area contributed by atoms with Gasteiger partial charge in [-0.05, 0) is 55.3 Å². The maximum absolute atomic E-state index is 15.1. The molecule has 2 heterocycles. The number of carbonyl (C=O) groups is 3. The number of piperidine rings is 1. The third-order valence-corrected chi connectivity index (χ3v) is 6.70. The largest absolute Gasteiger partial charge is 0.469 e. The summed E-state index contributed by atoms with van der Waals surface area (Å²) in [6.45, 7) is 0.902. The molecule has 1 aromatic heterocycles. The van der Waals surface area contributed by atoms with E-state index in [0.717, 1.165) is 6.07 Å². The van der Waals surface area contributed by atoms with Crippen LogP contribution in [0.5, 0.6) is 0 Å². The number of pyridine rings is 1. The van der Waals surface area contributed by atoms with Gasteiger partial charge in [-0.2, -0.15) is 0 Å². The maximum Gasteiger partial charge on any atom is 0.308 e. The summed E-state index contributed by atoms with van der Waals surface area (Å²) >= 11 is 5.84. The fraction of sp³-hybridized carbons (Fsp3) is 0.207. The number of hydrogen-bond donors (Lipinski definition) is 3. The molecule has 1 saturated heterocycles. The number of nitrogens with one attached hydrogen (secondary N) is 3. The summed E-state index contributed by atoms with van der Waals surface area (Å²) in [6.07, 6.45) is 7.91. The Morgan fingerprint density at radius 2 is 1.80 bits per heavy atom. The molecule has 0 aliphatic carbocycles. The molecule has 0 bridgehead atoms. The standard InChI is InChI=1S/C29H25ClFN5O4/c1-3-17-4-8-24(22(14-17)28(38)35-25-9-6-20(30)16-33-25)34-27(37)21-7-5-19(15-23(21)31)26(32)36-12-10-18(11-13-36)29(39)40-2/h1,4-9,14-16,18,32H,10-13H2,2H3,(H,34,37)(H,33,35,38). The number of aromatic nitrogens is 1. The molecular formula is C29H25ClFN5O4. The van der Waals surface area contributed by atoms with Crippen LogP contribution >= 0.6 is 11.6 Å². The average Bonchev–Trinajstić information content (AvgIpc) is 2.97. The Kier molecular flexibility index (Phi) is 8.76.